The largest absolute Gasteiger partial charge is 0.355 e. The van der Waals surface area contributed by atoms with Crippen molar-refractivity contribution in [2.24, 2.45) is 5.92 Å². The van der Waals surface area contributed by atoms with Crippen molar-refractivity contribution < 1.29 is 9.59 Å². The summed E-state index contributed by atoms with van der Waals surface area (Å²) in [5, 5.41) is 3.05. The Morgan fingerprint density at radius 2 is 1.74 bits per heavy atom. The van der Waals surface area contributed by atoms with Crippen molar-refractivity contribution in [2.75, 3.05) is 32.7 Å². The first-order chi connectivity index (χ1) is 11.2. The summed E-state index contributed by atoms with van der Waals surface area (Å²) in [6.07, 6.45) is 10.2. The van der Waals surface area contributed by atoms with Crippen LogP contribution in [0.1, 0.15) is 57.8 Å². The van der Waals surface area contributed by atoms with Crippen LogP contribution in [-0.2, 0) is 9.59 Å². The zero-order valence-electron chi connectivity index (χ0n) is 14.3. The van der Waals surface area contributed by atoms with Gasteiger partial charge in [-0.2, -0.15) is 0 Å². The molecule has 2 aliphatic heterocycles. The number of amides is 2. The standard InChI is InChI=1S/C18H31N3O2/c22-17-13-15(14-21(17)16-7-3-1-2-4-8-16)18(23)19-9-12-20-10-5-6-11-20/h15-16H,1-14H2,(H,19,23). The molecular formula is C18H31N3O2. The summed E-state index contributed by atoms with van der Waals surface area (Å²) >= 11 is 0. The lowest BCUT2D eigenvalue weighted by atomic mass is 10.1. The van der Waals surface area contributed by atoms with E-state index in [-0.39, 0.29) is 17.7 Å². The fourth-order valence-electron chi connectivity index (χ4n) is 4.32. The minimum atomic E-state index is -0.135. The van der Waals surface area contributed by atoms with Gasteiger partial charge in [-0.05, 0) is 38.8 Å². The van der Waals surface area contributed by atoms with Crippen LogP contribution in [0.4, 0.5) is 0 Å². The predicted molar refractivity (Wildman–Crippen MR) is 90.0 cm³/mol. The second-order valence-corrected chi connectivity index (χ2v) is 7.43. The first kappa shape index (κ1) is 16.7. The topological polar surface area (TPSA) is 52.7 Å². The molecule has 3 fully saturated rings. The van der Waals surface area contributed by atoms with Crippen molar-refractivity contribution in [2.45, 2.75) is 63.8 Å². The Hall–Kier alpha value is -1.10. The summed E-state index contributed by atoms with van der Waals surface area (Å²) in [4.78, 5) is 29.1. The Kier molecular flexibility index (Phi) is 5.92. The highest BCUT2D eigenvalue weighted by molar-refractivity contribution is 5.89. The Labute approximate surface area is 139 Å². The van der Waals surface area contributed by atoms with E-state index in [0.717, 1.165) is 32.5 Å². The van der Waals surface area contributed by atoms with E-state index in [0.29, 0.717) is 25.6 Å². The van der Waals surface area contributed by atoms with Crippen molar-refractivity contribution >= 4 is 11.8 Å². The first-order valence-electron chi connectivity index (χ1n) is 9.53. The molecule has 0 radical (unpaired) electrons. The molecule has 1 N–H and O–H groups in total. The van der Waals surface area contributed by atoms with Gasteiger partial charge in [0.05, 0.1) is 5.92 Å². The average molecular weight is 321 g/mol. The van der Waals surface area contributed by atoms with E-state index in [1.807, 2.05) is 4.90 Å². The number of carbonyl (C=O) groups is 2. The third-order valence-corrected chi connectivity index (χ3v) is 5.72. The predicted octanol–water partition coefficient (Wildman–Crippen LogP) is 1.77. The van der Waals surface area contributed by atoms with E-state index in [4.69, 9.17) is 0 Å². The molecule has 1 aliphatic carbocycles. The molecule has 1 atom stereocenters. The van der Waals surface area contributed by atoms with E-state index < -0.39 is 0 Å². The van der Waals surface area contributed by atoms with E-state index in [9.17, 15) is 9.59 Å². The molecule has 2 amide bonds. The normalized spacial score (nSPS) is 27.4. The van der Waals surface area contributed by atoms with Crippen LogP contribution in [0.2, 0.25) is 0 Å². The molecule has 2 heterocycles. The molecule has 3 aliphatic rings. The summed E-state index contributed by atoms with van der Waals surface area (Å²) in [6.45, 7) is 4.62. The van der Waals surface area contributed by atoms with Crippen molar-refractivity contribution in [3.8, 4) is 0 Å². The average Bonchev–Trinajstić information content (AvgIpc) is 3.10. The van der Waals surface area contributed by atoms with Gasteiger partial charge in [0.1, 0.15) is 0 Å². The molecule has 0 aromatic carbocycles. The number of hydrogen-bond acceptors (Lipinski definition) is 3. The minimum absolute atomic E-state index is 0.0775. The molecule has 0 aromatic rings. The molecule has 23 heavy (non-hydrogen) atoms. The van der Waals surface area contributed by atoms with Gasteiger partial charge in [-0.1, -0.05) is 25.7 Å². The number of carbonyl (C=O) groups excluding carboxylic acids is 2. The third kappa shape index (κ3) is 4.46. The highest BCUT2D eigenvalue weighted by Crippen LogP contribution is 2.28. The molecule has 5 heteroatoms. The Morgan fingerprint density at radius 1 is 1.04 bits per heavy atom. The fraction of sp³-hybridized carbons (Fsp3) is 0.889. The highest BCUT2D eigenvalue weighted by atomic mass is 16.2. The maximum Gasteiger partial charge on any atom is 0.225 e. The van der Waals surface area contributed by atoms with Gasteiger partial charge in [0.25, 0.3) is 0 Å². The van der Waals surface area contributed by atoms with Crippen LogP contribution in [0.5, 0.6) is 0 Å². The van der Waals surface area contributed by atoms with Crippen molar-refractivity contribution in [3.63, 3.8) is 0 Å². The maximum atomic E-state index is 12.4. The van der Waals surface area contributed by atoms with E-state index in [1.165, 1.54) is 38.5 Å². The molecule has 0 aromatic heterocycles. The van der Waals surface area contributed by atoms with Gasteiger partial charge in [-0.25, -0.2) is 0 Å². The summed E-state index contributed by atoms with van der Waals surface area (Å²) in [6, 6.07) is 0.382. The lowest BCUT2D eigenvalue weighted by Gasteiger charge is -2.27. The van der Waals surface area contributed by atoms with Gasteiger partial charge in [0.2, 0.25) is 11.8 Å². The summed E-state index contributed by atoms with van der Waals surface area (Å²) in [5.74, 6) is 0.134. The Balaban J connectivity index is 1.43. The molecule has 0 spiro atoms. The Bertz CT molecular complexity index is 412. The SMILES string of the molecule is O=C(NCCN1CCCC1)C1CC(=O)N(C2CCCCCC2)C1. The number of hydrogen-bond donors (Lipinski definition) is 1. The van der Waals surface area contributed by atoms with Crippen LogP contribution < -0.4 is 5.32 Å². The molecule has 1 unspecified atom stereocenters. The van der Waals surface area contributed by atoms with Gasteiger partial charge in [0.15, 0.2) is 0 Å². The second-order valence-electron chi connectivity index (χ2n) is 7.43. The lowest BCUT2D eigenvalue weighted by Crippen LogP contribution is -2.39. The zero-order valence-corrected chi connectivity index (χ0v) is 14.3. The van der Waals surface area contributed by atoms with Crippen LogP contribution in [0.3, 0.4) is 0 Å². The molecule has 2 saturated heterocycles. The van der Waals surface area contributed by atoms with Crippen LogP contribution in [0, 0.1) is 5.92 Å². The van der Waals surface area contributed by atoms with Crippen molar-refractivity contribution in [1.82, 2.24) is 15.1 Å². The maximum absolute atomic E-state index is 12.4. The number of nitrogens with zero attached hydrogens (tertiary/aromatic N) is 2. The summed E-state index contributed by atoms with van der Waals surface area (Å²) in [5.41, 5.74) is 0. The van der Waals surface area contributed by atoms with Gasteiger partial charge in [-0.15, -0.1) is 0 Å². The van der Waals surface area contributed by atoms with Crippen molar-refractivity contribution in [1.29, 1.82) is 0 Å². The molecule has 130 valence electrons. The van der Waals surface area contributed by atoms with Gasteiger partial charge >= 0.3 is 0 Å². The monoisotopic (exact) mass is 321 g/mol. The van der Waals surface area contributed by atoms with Gasteiger partial charge in [0, 0.05) is 32.1 Å². The van der Waals surface area contributed by atoms with Crippen LogP contribution in [-0.4, -0.2) is 60.4 Å². The molecule has 3 rings (SSSR count). The lowest BCUT2D eigenvalue weighted by molar-refractivity contribution is -0.130. The highest BCUT2D eigenvalue weighted by Gasteiger charge is 2.37. The molecule has 1 saturated carbocycles. The fourth-order valence-corrected chi connectivity index (χ4v) is 4.32. The number of likely N-dealkylation sites (tertiary alicyclic amines) is 2. The number of nitrogens with one attached hydrogen (secondary N) is 1. The van der Waals surface area contributed by atoms with E-state index in [2.05, 4.69) is 10.2 Å². The smallest absolute Gasteiger partial charge is 0.225 e. The zero-order chi connectivity index (χ0) is 16.1. The second kappa shape index (κ2) is 8.13. The van der Waals surface area contributed by atoms with Crippen molar-refractivity contribution in [3.05, 3.63) is 0 Å². The summed E-state index contributed by atoms with van der Waals surface area (Å²) in [7, 11) is 0. The molecule has 0 bridgehead atoms. The number of rotatable bonds is 5. The quantitative estimate of drug-likeness (QED) is 0.785. The van der Waals surface area contributed by atoms with Crippen LogP contribution >= 0.6 is 0 Å². The van der Waals surface area contributed by atoms with Gasteiger partial charge < -0.3 is 15.1 Å². The van der Waals surface area contributed by atoms with E-state index in [1.54, 1.807) is 0 Å². The van der Waals surface area contributed by atoms with E-state index >= 15 is 0 Å². The Morgan fingerprint density at radius 3 is 2.43 bits per heavy atom. The molecular weight excluding hydrogens is 290 g/mol. The van der Waals surface area contributed by atoms with Crippen LogP contribution in [0.25, 0.3) is 0 Å². The molecule has 5 nitrogen and oxygen atoms in total. The first-order valence-corrected chi connectivity index (χ1v) is 9.53. The minimum Gasteiger partial charge on any atom is -0.355 e. The summed E-state index contributed by atoms with van der Waals surface area (Å²) < 4.78 is 0. The van der Waals surface area contributed by atoms with Gasteiger partial charge in [-0.3, -0.25) is 9.59 Å². The third-order valence-electron chi connectivity index (χ3n) is 5.72. The van der Waals surface area contributed by atoms with Crippen LogP contribution in [0.15, 0.2) is 0 Å².